The number of hydrogen-bond acceptors (Lipinski definition) is 3. The van der Waals surface area contributed by atoms with Crippen molar-refractivity contribution >= 4 is 27.3 Å². The molecule has 0 unspecified atom stereocenters. The number of rotatable bonds is 4. The monoisotopic (exact) mass is 296 g/mol. The Balaban J connectivity index is 2.29. The van der Waals surface area contributed by atoms with Crippen molar-refractivity contribution < 1.29 is 13.2 Å². The van der Waals surface area contributed by atoms with Crippen LogP contribution in [0.3, 0.4) is 0 Å². The Labute approximate surface area is 117 Å². The summed E-state index contributed by atoms with van der Waals surface area (Å²) in [5.41, 5.74) is 0.326. The second kappa shape index (κ2) is 5.50. The number of methoxy groups -OCH3 is 1. The summed E-state index contributed by atoms with van der Waals surface area (Å²) in [6.07, 6.45) is 0. The summed E-state index contributed by atoms with van der Waals surface area (Å²) in [6.45, 7) is 0. The predicted octanol–water partition coefficient (Wildman–Crippen LogP) is 2.97. The van der Waals surface area contributed by atoms with Crippen LogP contribution in [0.15, 0.2) is 53.4 Å². The van der Waals surface area contributed by atoms with Crippen LogP contribution in [0.2, 0.25) is 5.02 Å². The molecule has 99 valence electrons. The first-order valence-electron chi connectivity index (χ1n) is 5.39. The zero-order valence-corrected chi connectivity index (χ0v) is 11.6. The highest BCUT2D eigenvalue weighted by Gasteiger charge is 2.17. The zero-order valence-electron chi connectivity index (χ0n) is 10.1. The SMILES string of the molecule is COc1cccc(S(=O)(=O)[N]c2ccc(Cl)cc2)c1. The van der Waals surface area contributed by atoms with Crippen molar-refractivity contribution in [2.75, 3.05) is 7.11 Å². The van der Waals surface area contributed by atoms with E-state index in [0.717, 1.165) is 0 Å². The molecule has 1 radical (unpaired) electrons. The number of halogens is 1. The average Bonchev–Trinajstić information content (AvgIpc) is 2.41. The topological polar surface area (TPSA) is 57.5 Å². The molecular formula is C13H11ClNO3S. The molecule has 0 bridgehead atoms. The highest BCUT2D eigenvalue weighted by atomic mass is 35.5. The third-order valence-electron chi connectivity index (χ3n) is 2.39. The molecule has 6 heteroatoms. The van der Waals surface area contributed by atoms with Gasteiger partial charge in [-0.2, -0.15) is 13.1 Å². The van der Waals surface area contributed by atoms with Gasteiger partial charge in [0.15, 0.2) is 0 Å². The van der Waals surface area contributed by atoms with Crippen molar-refractivity contribution in [2.45, 2.75) is 4.90 Å². The van der Waals surface area contributed by atoms with Crippen molar-refractivity contribution in [3.05, 3.63) is 53.6 Å². The standard InChI is InChI=1S/C13H11ClNO3S/c1-18-12-3-2-4-13(9-12)19(16,17)15-11-7-5-10(14)6-8-11/h2-9H,1H3. The van der Waals surface area contributed by atoms with E-state index in [1.165, 1.54) is 19.2 Å². The molecule has 4 nitrogen and oxygen atoms in total. The van der Waals surface area contributed by atoms with Gasteiger partial charge < -0.3 is 4.74 Å². The molecule has 0 aliphatic rings. The van der Waals surface area contributed by atoms with Crippen molar-refractivity contribution in [2.24, 2.45) is 0 Å². The minimum Gasteiger partial charge on any atom is -0.497 e. The Kier molecular flexibility index (Phi) is 3.97. The van der Waals surface area contributed by atoms with Gasteiger partial charge in [0, 0.05) is 11.1 Å². The van der Waals surface area contributed by atoms with Gasteiger partial charge in [-0.15, -0.1) is 0 Å². The van der Waals surface area contributed by atoms with Gasteiger partial charge in [-0.05, 0) is 36.4 Å². The van der Waals surface area contributed by atoms with E-state index in [0.29, 0.717) is 16.5 Å². The summed E-state index contributed by atoms with van der Waals surface area (Å²) in [5.74, 6) is 0.465. The van der Waals surface area contributed by atoms with Crippen LogP contribution in [-0.4, -0.2) is 15.5 Å². The van der Waals surface area contributed by atoms with Crippen LogP contribution in [0.1, 0.15) is 0 Å². The van der Waals surface area contributed by atoms with E-state index in [4.69, 9.17) is 16.3 Å². The van der Waals surface area contributed by atoms with Crippen molar-refractivity contribution in [1.82, 2.24) is 4.72 Å². The van der Waals surface area contributed by atoms with Gasteiger partial charge in [-0.25, -0.2) is 0 Å². The van der Waals surface area contributed by atoms with Crippen LogP contribution in [0.4, 0.5) is 5.69 Å². The minimum atomic E-state index is -3.76. The van der Waals surface area contributed by atoms with Crippen LogP contribution in [0.25, 0.3) is 0 Å². The lowest BCUT2D eigenvalue weighted by Crippen LogP contribution is -2.11. The zero-order chi connectivity index (χ0) is 13.9. The summed E-state index contributed by atoms with van der Waals surface area (Å²) in [6, 6.07) is 12.4. The number of benzene rings is 2. The van der Waals surface area contributed by atoms with E-state index in [9.17, 15) is 8.42 Å². The summed E-state index contributed by atoms with van der Waals surface area (Å²) >= 11 is 5.73. The van der Waals surface area contributed by atoms with E-state index in [1.807, 2.05) is 0 Å². The number of ether oxygens (including phenoxy) is 1. The van der Waals surface area contributed by atoms with Gasteiger partial charge in [-0.1, -0.05) is 17.7 Å². The first-order valence-corrected chi connectivity index (χ1v) is 7.21. The first kappa shape index (κ1) is 13.7. The molecule has 0 amide bonds. The van der Waals surface area contributed by atoms with Gasteiger partial charge in [0.25, 0.3) is 10.0 Å². The Morgan fingerprint density at radius 2 is 1.79 bits per heavy atom. The Hall–Kier alpha value is -1.72. The Morgan fingerprint density at radius 3 is 2.42 bits per heavy atom. The summed E-state index contributed by atoms with van der Waals surface area (Å²) in [7, 11) is -2.28. The fraction of sp³-hybridized carbons (Fsp3) is 0.0769. The maximum Gasteiger partial charge on any atom is 0.282 e. The lowest BCUT2D eigenvalue weighted by Gasteiger charge is -2.06. The minimum absolute atomic E-state index is 0.0850. The smallest absolute Gasteiger partial charge is 0.282 e. The second-order valence-electron chi connectivity index (χ2n) is 3.72. The molecule has 0 saturated heterocycles. The van der Waals surface area contributed by atoms with E-state index in [1.54, 1.807) is 36.4 Å². The van der Waals surface area contributed by atoms with E-state index < -0.39 is 10.0 Å². The molecule has 0 spiro atoms. The van der Waals surface area contributed by atoms with Gasteiger partial charge in [-0.3, -0.25) is 0 Å². The largest absolute Gasteiger partial charge is 0.497 e. The predicted molar refractivity (Wildman–Crippen MR) is 73.4 cm³/mol. The molecule has 0 N–H and O–H groups in total. The average molecular weight is 297 g/mol. The van der Waals surface area contributed by atoms with Crippen molar-refractivity contribution in [3.8, 4) is 5.75 Å². The molecule has 0 aromatic heterocycles. The maximum absolute atomic E-state index is 12.1. The van der Waals surface area contributed by atoms with E-state index in [2.05, 4.69) is 4.72 Å². The number of sulfonamides is 1. The Morgan fingerprint density at radius 1 is 1.11 bits per heavy atom. The van der Waals surface area contributed by atoms with E-state index in [-0.39, 0.29) is 4.90 Å². The molecule has 2 rings (SSSR count). The molecule has 0 heterocycles. The van der Waals surface area contributed by atoms with Crippen LogP contribution in [0.5, 0.6) is 5.75 Å². The highest BCUT2D eigenvalue weighted by molar-refractivity contribution is 7.89. The second-order valence-corrected chi connectivity index (χ2v) is 5.76. The summed E-state index contributed by atoms with van der Waals surface area (Å²) < 4.78 is 32.9. The van der Waals surface area contributed by atoms with Crippen LogP contribution < -0.4 is 9.46 Å². The van der Waals surface area contributed by atoms with Gasteiger partial charge >= 0.3 is 0 Å². The van der Waals surface area contributed by atoms with Crippen molar-refractivity contribution in [3.63, 3.8) is 0 Å². The molecule has 19 heavy (non-hydrogen) atoms. The fourth-order valence-corrected chi connectivity index (χ4v) is 2.60. The van der Waals surface area contributed by atoms with Gasteiger partial charge in [0.2, 0.25) is 0 Å². The molecule has 0 saturated carbocycles. The quantitative estimate of drug-likeness (QED) is 0.871. The molecule has 2 aromatic rings. The van der Waals surface area contributed by atoms with Crippen LogP contribution in [-0.2, 0) is 10.0 Å². The summed E-state index contributed by atoms with van der Waals surface area (Å²) in [4.78, 5) is 0.0850. The Bertz CT molecular complexity index is 669. The fourth-order valence-electron chi connectivity index (χ4n) is 1.46. The highest BCUT2D eigenvalue weighted by Crippen LogP contribution is 2.21. The number of nitrogens with zero attached hydrogens (tertiary/aromatic N) is 1. The van der Waals surface area contributed by atoms with E-state index >= 15 is 0 Å². The molecule has 0 aliphatic heterocycles. The normalized spacial score (nSPS) is 11.1. The summed E-state index contributed by atoms with van der Waals surface area (Å²) in [5, 5.41) is 0.526. The molecule has 0 atom stereocenters. The molecule has 2 aromatic carbocycles. The lowest BCUT2D eigenvalue weighted by atomic mass is 10.3. The lowest BCUT2D eigenvalue weighted by molar-refractivity contribution is 0.413. The van der Waals surface area contributed by atoms with Crippen LogP contribution in [0, 0.1) is 0 Å². The van der Waals surface area contributed by atoms with Gasteiger partial charge in [0.05, 0.1) is 17.7 Å². The maximum atomic E-state index is 12.1. The molecule has 0 aliphatic carbocycles. The third-order valence-corrected chi connectivity index (χ3v) is 3.94. The first-order chi connectivity index (χ1) is 9.01. The van der Waals surface area contributed by atoms with Gasteiger partial charge in [0.1, 0.15) is 5.75 Å². The van der Waals surface area contributed by atoms with Crippen molar-refractivity contribution in [1.29, 1.82) is 0 Å². The number of hydrogen-bond donors (Lipinski definition) is 0. The van der Waals surface area contributed by atoms with Crippen LogP contribution >= 0.6 is 11.6 Å². The molecule has 0 fully saturated rings. The third kappa shape index (κ3) is 3.39. The molecular weight excluding hydrogens is 286 g/mol.